The summed E-state index contributed by atoms with van der Waals surface area (Å²) in [5, 5.41) is 3.58. The topological polar surface area (TPSA) is 21.3 Å². The van der Waals surface area contributed by atoms with Crippen molar-refractivity contribution in [1.29, 1.82) is 0 Å². The zero-order valence-electron chi connectivity index (χ0n) is 11.1. The molecular formula is C14H29NO. The predicted molar refractivity (Wildman–Crippen MR) is 69.8 cm³/mol. The van der Waals surface area contributed by atoms with E-state index in [9.17, 15) is 0 Å². The second-order valence-corrected chi connectivity index (χ2v) is 5.28. The molecule has 0 heterocycles. The van der Waals surface area contributed by atoms with Gasteiger partial charge in [0.05, 0.1) is 0 Å². The SMILES string of the molecule is COCCCNC(C)CCC1CCCCC1. The van der Waals surface area contributed by atoms with Gasteiger partial charge in [0.25, 0.3) is 0 Å². The molecule has 0 amide bonds. The monoisotopic (exact) mass is 227 g/mol. The standard InChI is InChI=1S/C14H29NO/c1-13(15-11-6-12-16-2)9-10-14-7-4-3-5-8-14/h13-15H,3-12H2,1-2H3. The van der Waals surface area contributed by atoms with Crippen molar-refractivity contribution in [2.24, 2.45) is 5.92 Å². The molecule has 16 heavy (non-hydrogen) atoms. The summed E-state index contributed by atoms with van der Waals surface area (Å²) in [5.74, 6) is 1.02. The fraction of sp³-hybridized carbons (Fsp3) is 1.00. The summed E-state index contributed by atoms with van der Waals surface area (Å²) in [4.78, 5) is 0. The molecule has 0 radical (unpaired) electrons. The first kappa shape index (κ1) is 14.0. The zero-order valence-corrected chi connectivity index (χ0v) is 11.1. The normalized spacial score (nSPS) is 19.9. The van der Waals surface area contributed by atoms with Gasteiger partial charge in [-0.1, -0.05) is 32.1 Å². The third-order valence-corrected chi connectivity index (χ3v) is 3.75. The van der Waals surface area contributed by atoms with Gasteiger partial charge >= 0.3 is 0 Å². The van der Waals surface area contributed by atoms with Crippen LogP contribution in [0.15, 0.2) is 0 Å². The van der Waals surface area contributed by atoms with Crippen molar-refractivity contribution < 1.29 is 4.74 Å². The van der Waals surface area contributed by atoms with Crippen molar-refractivity contribution in [3.05, 3.63) is 0 Å². The first-order valence-corrected chi connectivity index (χ1v) is 7.05. The van der Waals surface area contributed by atoms with E-state index in [0.717, 1.165) is 25.5 Å². The van der Waals surface area contributed by atoms with Crippen LogP contribution in [-0.2, 0) is 4.74 Å². The average Bonchev–Trinajstić information content (AvgIpc) is 2.33. The largest absolute Gasteiger partial charge is 0.385 e. The summed E-state index contributed by atoms with van der Waals surface area (Å²) in [6, 6.07) is 0.679. The highest BCUT2D eigenvalue weighted by atomic mass is 16.5. The van der Waals surface area contributed by atoms with Crippen molar-refractivity contribution >= 4 is 0 Å². The van der Waals surface area contributed by atoms with Gasteiger partial charge in [0, 0.05) is 19.8 Å². The highest BCUT2D eigenvalue weighted by molar-refractivity contribution is 4.69. The van der Waals surface area contributed by atoms with E-state index in [-0.39, 0.29) is 0 Å². The number of hydrogen-bond donors (Lipinski definition) is 1. The highest BCUT2D eigenvalue weighted by Gasteiger charge is 2.14. The van der Waals surface area contributed by atoms with Crippen molar-refractivity contribution in [1.82, 2.24) is 5.32 Å². The molecule has 1 saturated carbocycles. The number of hydrogen-bond acceptors (Lipinski definition) is 2. The lowest BCUT2D eigenvalue weighted by Crippen LogP contribution is -2.28. The van der Waals surface area contributed by atoms with E-state index in [0.29, 0.717) is 6.04 Å². The van der Waals surface area contributed by atoms with Gasteiger partial charge in [-0.3, -0.25) is 0 Å². The van der Waals surface area contributed by atoms with Gasteiger partial charge in [-0.05, 0) is 38.6 Å². The van der Waals surface area contributed by atoms with Crippen molar-refractivity contribution in [3.63, 3.8) is 0 Å². The van der Waals surface area contributed by atoms with Crippen LogP contribution in [0, 0.1) is 5.92 Å². The van der Waals surface area contributed by atoms with Gasteiger partial charge < -0.3 is 10.1 Å². The summed E-state index contributed by atoms with van der Waals surface area (Å²) in [6.45, 7) is 4.29. The Morgan fingerprint density at radius 3 is 2.69 bits per heavy atom. The number of ether oxygens (including phenoxy) is 1. The van der Waals surface area contributed by atoms with Gasteiger partial charge in [-0.25, -0.2) is 0 Å². The zero-order chi connectivity index (χ0) is 11.6. The summed E-state index contributed by atoms with van der Waals surface area (Å²) in [6.07, 6.45) is 11.3. The van der Waals surface area contributed by atoms with Gasteiger partial charge in [0.1, 0.15) is 0 Å². The molecule has 0 spiro atoms. The molecule has 0 aliphatic heterocycles. The molecule has 1 N–H and O–H groups in total. The Balaban J connectivity index is 1.94. The molecule has 2 heteroatoms. The fourth-order valence-corrected chi connectivity index (χ4v) is 2.63. The van der Waals surface area contributed by atoms with Crippen molar-refractivity contribution in [3.8, 4) is 0 Å². The Hall–Kier alpha value is -0.0800. The van der Waals surface area contributed by atoms with E-state index in [1.807, 2.05) is 0 Å². The van der Waals surface area contributed by atoms with E-state index >= 15 is 0 Å². The molecule has 1 rings (SSSR count). The van der Waals surface area contributed by atoms with Crippen LogP contribution in [0.5, 0.6) is 0 Å². The number of rotatable bonds is 8. The molecule has 0 aromatic carbocycles. The van der Waals surface area contributed by atoms with E-state index in [1.165, 1.54) is 44.9 Å². The summed E-state index contributed by atoms with van der Waals surface area (Å²) >= 11 is 0. The molecule has 2 nitrogen and oxygen atoms in total. The van der Waals surface area contributed by atoms with Crippen LogP contribution >= 0.6 is 0 Å². The Labute approximate surface area is 101 Å². The Morgan fingerprint density at radius 2 is 2.00 bits per heavy atom. The van der Waals surface area contributed by atoms with Crippen LogP contribution in [0.1, 0.15) is 58.3 Å². The van der Waals surface area contributed by atoms with Crippen LogP contribution in [0.25, 0.3) is 0 Å². The van der Waals surface area contributed by atoms with Crippen LogP contribution in [0.3, 0.4) is 0 Å². The van der Waals surface area contributed by atoms with Crippen molar-refractivity contribution in [2.75, 3.05) is 20.3 Å². The smallest absolute Gasteiger partial charge is 0.0474 e. The summed E-state index contributed by atoms with van der Waals surface area (Å²) in [7, 11) is 1.77. The number of nitrogens with one attached hydrogen (secondary N) is 1. The van der Waals surface area contributed by atoms with Crippen LogP contribution in [0.4, 0.5) is 0 Å². The minimum Gasteiger partial charge on any atom is -0.385 e. The molecule has 0 saturated heterocycles. The quantitative estimate of drug-likeness (QED) is 0.642. The lowest BCUT2D eigenvalue weighted by atomic mass is 9.85. The molecule has 1 fully saturated rings. The van der Waals surface area contributed by atoms with Gasteiger partial charge in [0.15, 0.2) is 0 Å². The maximum Gasteiger partial charge on any atom is 0.0474 e. The lowest BCUT2D eigenvalue weighted by Gasteiger charge is -2.23. The molecule has 96 valence electrons. The summed E-state index contributed by atoms with van der Waals surface area (Å²) < 4.78 is 5.04. The molecule has 0 aromatic rings. The van der Waals surface area contributed by atoms with Crippen LogP contribution < -0.4 is 5.32 Å². The first-order valence-electron chi connectivity index (χ1n) is 7.05. The van der Waals surface area contributed by atoms with E-state index in [2.05, 4.69) is 12.2 Å². The maximum atomic E-state index is 5.04. The molecule has 1 atom stereocenters. The lowest BCUT2D eigenvalue weighted by molar-refractivity contribution is 0.193. The third kappa shape index (κ3) is 6.49. The average molecular weight is 227 g/mol. The Kier molecular flexibility index (Phi) is 7.87. The molecule has 1 unspecified atom stereocenters. The minimum absolute atomic E-state index is 0.679. The predicted octanol–water partition coefficient (Wildman–Crippen LogP) is 3.36. The van der Waals surface area contributed by atoms with Crippen molar-refractivity contribution in [2.45, 2.75) is 64.3 Å². The summed E-state index contributed by atoms with van der Waals surface area (Å²) in [5.41, 5.74) is 0. The maximum absolute atomic E-state index is 5.04. The molecular weight excluding hydrogens is 198 g/mol. The first-order chi connectivity index (χ1) is 7.83. The highest BCUT2D eigenvalue weighted by Crippen LogP contribution is 2.27. The van der Waals surface area contributed by atoms with Crippen LogP contribution in [-0.4, -0.2) is 26.3 Å². The molecule has 0 bridgehead atoms. The second kappa shape index (κ2) is 9.00. The van der Waals surface area contributed by atoms with Crippen LogP contribution in [0.2, 0.25) is 0 Å². The van der Waals surface area contributed by atoms with E-state index < -0.39 is 0 Å². The molecule has 0 aromatic heterocycles. The minimum atomic E-state index is 0.679. The Bertz CT molecular complexity index is 155. The van der Waals surface area contributed by atoms with Gasteiger partial charge in [-0.2, -0.15) is 0 Å². The Morgan fingerprint density at radius 1 is 1.25 bits per heavy atom. The van der Waals surface area contributed by atoms with Gasteiger partial charge in [-0.15, -0.1) is 0 Å². The molecule has 1 aliphatic rings. The van der Waals surface area contributed by atoms with Gasteiger partial charge in [0.2, 0.25) is 0 Å². The van der Waals surface area contributed by atoms with E-state index in [1.54, 1.807) is 7.11 Å². The molecule has 1 aliphatic carbocycles. The number of methoxy groups -OCH3 is 1. The fourth-order valence-electron chi connectivity index (χ4n) is 2.63. The second-order valence-electron chi connectivity index (χ2n) is 5.28. The third-order valence-electron chi connectivity index (χ3n) is 3.75. The van der Waals surface area contributed by atoms with E-state index in [4.69, 9.17) is 4.74 Å².